The molecule has 0 saturated heterocycles. The zero-order chi connectivity index (χ0) is 7.56. The molecule has 1 rings (SSSR count). The summed E-state index contributed by atoms with van der Waals surface area (Å²) in [5, 5.41) is 0. The van der Waals surface area contributed by atoms with Crippen LogP contribution in [0.25, 0.3) is 0 Å². The third kappa shape index (κ3) is 2.27. The highest BCUT2D eigenvalue weighted by Crippen LogP contribution is 2.23. The molecule has 0 aromatic carbocycles. The van der Waals surface area contributed by atoms with Gasteiger partial charge < -0.3 is 10.6 Å². The molecule has 2 unspecified atom stereocenters. The maximum Gasteiger partial charge on any atom is 0.00420 e. The van der Waals surface area contributed by atoms with Crippen LogP contribution in [0, 0.1) is 5.92 Å². The zero-order valence-electron chi connectivity index (χ0n) is 7.01. The number of hydrogen-bond acceptors (Lipinski definition) is 2. The predicted octanol–water partition coefficient (Wildman–Crippen LogP) is 0.675. The summed E-state index contributed by atoms with van der Waals surface area (Å²) in [4.78, 5) is 2.25. The molecule has 2 N–H and O–H groups in total. The highest BCUT2D eigenvalue weighted by atomic mass is 15.1. The Bertz CT molecular complexity index is 101. The molecule has 60 valence electrons. The molecule has 2 heteroatoms. The van der Waals surface area contributed by atoms with Gasteiger partial charge in [0.1, 0.15) is 0 Å². The topological polar surface area (TPSA) is 29.3 Å². The van der Waals surface area contributed by atoms with Crippen LogP contribution in [0.4, 0.5) is 0 Å². The van der Waals surface area contributed by atoms with Crippen molar-refractivity contribution in [2.75, 3.05) is 20.6 Å². The molecule has 0 amide bonds. The Balaban J connectivity index is 2.18. The molecule has 0 aromatic rings. The van der Waals surface area contributed by atoms with E-state index in [2.05, 4.69) is 19.0 Å². The van der Waals surface area contributed by atoms with Gasteiger partial charge in [-0.15, -0.1) is 0 Å². The molecule has 10 heavy (non-hydrogen) atoms. The highest BCUT2D eigenvalue weighted by Gasteiger charge is 2.21. The third-order valence-corrected chi connectivity index (χ3v) is 2.21. The lowest BCUT2D eigenvalue weighted by Gasteiger charge is -2.15. The highest BCUT2D eigenvalue weighted by molar-refractivity contribution is 4.78. The molecule has 0 heterocycles. The van der Waals surface area contributed by atoms with Crippen molar-refractivity contribution in [3.63, 3.8) is 0 Å². The van der Waals surface area contributed by atoms with Crippen LogP contribution in [-0.4, -0.2) is 31.6 Å². The zero-order valence-corrected chi connectivity index (χ0v) is 7.01. The summed E-state index contributed by atoms with van der Waals surface area (Å²) in [6.07, 6.45) is 3.80. The van der Waals surface area contributed by atoms with Crippen LogP contribution < -0.4 is 5.73 Å². The van der Waals surface area contributed by atoms with E-state index < -0.39 is 0 Å². The van der Waals surface area contributed by atoms with Crippen molar-refractivity contribution >= 4 is 0 Å². The van der Waals surface area contributed by atoms with Gasteiger partial charge in [-0.1, -0.05) is 0 Å². The lowest BCUT2D eigenvalue weighted by Crippen LogP contribution is -2.22. The second kappa shape index (κ2) is 3.35. The molecule has 2 nitrogen and oxygen atoms in total. The van der Waals surface area contributed by atoms with Crippen LogP contribution in [0.3, 0.4) is 0 Å². The SMILES string of the molecule is CN(C)CC1CCC(N)C1. The fraction of sp³-hybridized carbons (Fsp3) is 1.00. The summed E-state index contributed by atoms with van der Waals surface area (Å²) >= 11 is 0. The lowest BCUT2D eigenvalue weighted by atomic mass is 10.1. The Morgan fingerprint density at radius 3 is 2.50 bits per heavy atom. The molecule has 1 saturated carbocycles. The monoisotopic (exact) mass is 142 g/mol. The first kappa shape index (κ1) is 8.02. The van der Waals surface area contributed by atoms with Crippen molar-refractivity contribution < 1.29 is 0 Å². The van der Waals surface area contributed by atoms with E-state index in [1.807, 2.05) is 0 Å². The van der Waals surface area contributed by atoms with Crippen molar-refractivity contribution in [1.82, 2.24) is 4.90 Å². The number of hydrogen-bond donors (Lipinski definition) is 1. The van der Waals surface area contributed by atoms with E-state index in [1.54, 1.807) is 0 Å². The van der Waals surface area contributed by atoms with Crippen LogP contribution in [-0.2, 0) is 0 Å². The van der Waals surface area contributed by atoms with Crippen LogP contribution in [0.15, 0.2) is 0 Å². The van der Waals surface area contributed by atoms with Gasteiger partial charge in [-0.05, 0) is 39.3 Å². The van der Waals surface area contributed by atoms with Gasteiger partial charge in [0.2, 0.25) is 0 Å². The average molecular weight is 142 g/mol. The van der Waals surface area contributed by atoms with Gasteiger partial charge in [-0.25, -0.2) is 0 Å². The summed E-state index contributed by atoms with van der Waals surface area (Å²) in [5.41, 5.74) is 5.78. The van der Waals surface area contributed by atoms with Crippen molar-refractivity contribution in [2.45, 2.75) is 25.3 Å². The second-order valence-electron chi connectivity index (χ2n) is 3.70. The molecular weight excluding hydrogens is 124 g/mol. The Kier molecular flexibility index (Phi) is 2.69. The van der Waals surface area contributed by atoms with Crippen molar-refractivity contribution in [1.29, 1.82) is 0 Å². The van der Waals surface area contributed by atoms with E-state index in [0.29, 0.717) is 6.04 Å². The number of rotatable bonds is 2. The van der Waals surface area contributed by atoms with Gasteiger partial charge in [0.15, 0.2) is 0 Å². The molecule has 0 bridgehead atoms. The van der Waals surface area contributed by atoms with Crippen LogP contribution in [0.1, 0.15) is 19.3 Å². The Morgan fingerprint density at radius 2 is 2.10 bits per heavy atom. The Labute approximate surface area is 63.4 Å². The molecule has 1 fully saturated rings. The summed E-state index contributed by atoms with van der Waals surface area (Å²) in [7, 11) is 4.26. The fourth-order valence-corrected chi connectivity index (χ4v) is 1.80. The van der Waals surface area contributed by atoms with Gasteiger partial charge >= 0.3 is 0 Å². The molecule has 1 aliphatic rings. The smallest absolute Gasteiger partial charge is 0.00420 e. The molecule has 0 aromatic heterocycles. The molecule has 1 aliphatic carbocycles. The number of nitrogens with zero attached hydrogens (tertiary/aromatic N) is 1. The predicted molar refractivity (Wildman–Crippen MR) is 43.9 cm³/mol. The minimum absolute atomic E-state index is 0.491. The van der Waals surface area contributed by atoms with Gasteiger partial charge in [0.05, 0.1) is 0 Å². The summed E-state index contributed by atoms with van der Waals surface area (Å²) < 4.78 is 0. The number of nitrogens with two attached hydrogens (primary N) is 1. The molecular formula is C8H18N2. The van der Waals surface area contributed by atoms with Gasteiger partial charge in [-0.3, -0.25) is 0 Å². The minimum atomic E-state index is 0.491. The van der Waals surface area contributed by atoms with E-state index >= 15 is 0 Å². The third-order valence-electron chi connectivity index (χ3n) is 2.21. The van der Waals surface area contributed by atoms with E-state index in [-0.39, 0.29) is 0 Å². The van der Waals surface area contributed by atoms with Crippen molar-refractivity contribution in [3.8, 4) is 0 Å². The lowest BCUT2D eigenvalue weighted by molar-refractivity contribution is 0.326. The van der Waals surface area contributed by atoms with E-state index in [1.165, 1.54) is 25.8 Å². The second-order valence-corrected chi connectivity index (χ2v) is 3.70. The molecule has 0 radical (unpaired) electrons. The first-order valence-electron chi connectivity index (χ1n) is 4.09. The van der Waals surface area contributed by atoms with Crippen LogP contribution in [0.2, 0.25) is 0 Å². The van der Waals surface area contributed by atoms with Gasteiger partial charge in [-0.2, -0.15) is 0 Å². The average Bonchev–Trinajstić information content (AvgIpc) is 2.13. The summed E-state index contributed by atoms with van der Waals surface area (Å²) in [5.74, 6) is 0.866. The van der Waals surface area contributed by atoms with Crippen molar-refractivity contribution in [3.05, 3.63) is 0 Å². The minimum Gasteiger partial charge on any atom is -0.328 e. The van der Waals surface area contributed by atoms with Crippen LogP contribution >= 0.6 is 0 Å². The van der Waals surface area contributed by atoms with Gasteiger partial charge in [0.25, 0.3) is 0 Å². The van der Waals surface area contributed by atoms with Crippen molar-refractivity contribution in [2.24, 2.45) is 11.7 Å². The molecule has 0 aliphatic heterocycles. The molecule has 2 atom stereocenters. The maximum atomic E-state index is 5.78. The summed E-state index contributed by atoms with van der Waals surface area (Å²) in [6.45, 7) is 1.22. The maximum absolute atomic E-state index is 5.78. The summed E-state index contributed by atoms with van der Waals surface area (Å²) in [6, 6.07) is 0.491. The van der Waals surface area contributed by atoms with E-state index in [4.69, 9.17) is 5.73 Å². The Morgan fingerprint density at radius 1 is 1.40 bits per heavy atom. The largest absolute Gasteiger partial charge is 0.328 e. The quantitative estimate of drug-likeness (QED) is 0.614. The first-order chi connectivity index (χ1) is 4.68. The first-order valence-corrected chi connectivity index (χ1v) is 4.09. The van der Waals surface area contributed by atoms with E-state index in [9.17, 15) is 0 Å². The Hall–Kier alpha value is -0.0800. The van der Waals surface area contributed by atoms with Gasteiger partial charge in [0, 0.05) is 12.6 Å². The van der Waals surface area contributed by atoms with Crippen LogP contribution in [0.5, 0.6) is 0 Å². The normalized spacial score (nSPS) is 33.6. The van der Waals surface area contributed by atoms with E-state index in [0.717, 1.165) is 5.92 Å². The standard InChI is InChI=1S/C8H18N2/c1-10(2)6-7-3-4-8(9)5-7/h7-8H,3-6,9H2,1-2H3. The molecule has 0 spiro atoms. The fourth-order valence-electron chi connectivity index (χ4n) is 1.80.